The summed E-state index contributed by atoms with van der Waals surface area (Å²) in [5, 5.41) is -0.175. The van der Waals surface area contributed by atoms with Crippen LogP contribution < -0.4 is 0 Å². The predicted octanol–water partition coefficient (Wildman–Crippen LogP) is 2.81. The third-order valence-corrected chi connectivity index (χ3v) is 2.29. The minimum atomic E-state index is -0.175. The maximum atomic E-state index is 13.3. The molecule has 0 aliphatic rings. The molecule has 0 nitrogen and oxygen atoms in total. The molecule has 2 heteroatoms. The molecule has 0 aliphatic heterocycles. The Morgan fingerprint density at radius 3 is 2.33 bits per heavy atom. The van der Waals surface area contributed by atoms with Crippen molar-refractivity contribution in [1.82, 2.24) is 0 Å². The zero-order valence-electron chi connectivity index (χ0n) is 7.76. The van der Waals surface area contributed by atoms with Gasteiger partial charge in [0.25, 0.3) is 0 Å². The molecular formula is C10H13BF. The molecule has 0 unspecified atom stereocenters. The van der Waals surface area contributed by atoms with Crippen LogP contribution in [-0.2, 0) is 5.31 Å². The summed E-state index contributed by atoms with van der Waals surface area (Å²) in [7, 11) is 2.01. The molecule has 0 saturated heterocycles. The van der Waals surface area contributed by atoms with E-state index >= 15 is 0 Å². The summed E-state index contributed by atoms with van der Waals surface area (Å²) in [5.74, 6) is -0.124. The molecule has 0 atom stereocenters. The molecule has 1 radical (unpaired) electrons. The third kappa shape index (κ3) is 1.68. The standard InChI is InChI=1S/C10H13BF/c1-10(2,11-3)8-6-4-5-7-9(8)12/h4-7H,1-3H3. The molecular weight excluding hydrogens is 150 g/mol. The van der Waals surface area contributed by atoms with E-state index in [4.69, 9.17) is 0 Å². The van der Waals surface area contributed by atoms with E-state index in [0.717, 1.165) is 5.56 Å². The molecule has 1 aromatic rings. The summed E-state index contributed by atoms with van der Waals surface area (Å²) in [6.45, 7) is 5.96. The third-order valence-electron chi connectivity index (χ3n) is 2.29. The molecule has 0 saturated carbocycles. The number of hydrogen-bond donors (Lipinski definition) is 0. The second-order valence-electron chi connectivity index (χ2n) is 3.49. The lowest BCUT2D eigenvalue weighted by Gasteiger charge is -2.22. The van der Waals surface area contributed by atoms with E-state index in [0.29, 0.717) is 0 Å². The fourth-order valence-electron chi connectivity index (χ4n) is 1.14. The molecule has 1 rings (SSSR count). The van der Waals surface area contributed by atoms with Crippen LogP contribution in [0.15, 0.2) is 24.3 Å². The summed E-state index contributed by atoms with van der Waals surface area (Å²) in [4.78, 5) is 0. The van der Waals surface area contributed by atoms with Crippen molar-refractivity contribution in [3.05, 3.63) is 35.6 Å². The highest BCUT2D eigenvalue weighted by atomic mass is 19.1. The number of benzene rings is 1. The Kier molecular flexibility index (Phi) is 2.56. The fraction of sp³-hybridized carbons (Fsp3) is 0.400. The first-order valence-corrected chi connectivity index (χ1v) is 4.13. The summed E-state index contributed by atoms with van der Waals surface area (Å²) < 4.78 is 13.3. The minimum Gasteiger partial charge on any atom is -0.207 e. The molecule has 12 heavy (non-hydrogen) atoms. The Hall–Kier alpha value is -0.785. The molecule has 0 bridgehead atoms. The van der Waals surface area contributed by atoms with Gasteiger partial charge in [0.15, 0.2) is 0 Å². The predicted molar refractivity (Wildman–Crippen MR) is 51.0 cm³/mol. The molecule has 0 amide bonds. The fourth-order valence-corrected chi connectivity index (χ4v) is 1.14. The normalized spacial score (nSPS) is 11.3. The number of hydrogen-bond acceptors (Lipinski definition) is 0. The van der Waals surface area contributed by atoms with Gasteiger partial charge >= 0.3 is 0 Å². The van der Waals surface area contributed by atoms with E-state index in [1.807, 2.05) is 40.1 Å². The highest BCUT2D eigenvalue weighted by Crippen LogP contribution is 2.23. The van der Waals surface area contributed by atoms with Gasteiger partial charge in [-0.2, -0.15) is 0 Å². The van der Waals surface area contributed by atoms with Gasteiger partial charge in [0.1, 0.15) is 13.1 Å². The maximum Gasteiger partial charge on any atom is 0.126 e. The van der Waals surface area contributed by atoms with Crippen molar-refractivity contribution < 1.29 is 4.39 Å². The maximum absolute atomic E-state index is 13.3. The Bertz CT molecular complexity index is 268. The van der Waals surface area contributed by atoms with Crippen LogP contribution in [0, 0.1) is 5.82 Å². The Balaban J connectivity index is 3.10. The van der Waals surface area contributed by atoms with Crippen LogP contribution in [0.1, 0.15) is 19.4 Å². The average Bonchev–Trinajstić information content (AvgIpc) is 2.05. The van der Waals surface area contributed by atoms with Crippen molar-refractivity contribution >= 4 is 7.28 Å². The van der Waals surface area contributed by atoms with Gasteiger partial charge in [-0.3, -0.25) is 0 Å². The SMILES string of the molecule is C[B]C(C)(C)c1ccccc1F. The van der Waals surface area contributed by atoms with Crippen LogP contribution >= 0.6 is 0 Å². The minimum absolute atomic E-state index is 0.124. The van der Waals surface area contributed by atoms with Gasteiger partial charge in [-0.15, -0.1) is 0 Å². The van der Waals surface area contributed by atoms with Gasteiger partial charge < -0.3 is 0 Å². The lowest BCUT2D eigenvalue weighted by atomic mass is 9.53. The molecule has 0 heterocycles. The summed E-state index contributed by atoms with van der Waals surface area (Å²) >= 11 is 0. The van der Waals surface area contributed by atoms with Gasteiger partial charge in [-0.25, -0.2) is 4.39 Å². The van der Waals surface area contributed by atoms with E-state index in [1.54, 1.807) is 6.07 Å². The van der Waals surface area contributed by atoms with Crippen LogP contribution in [0.25, 0.3) is 0 Å². The van der Waals surface area contributed by atoms with Crippen LogP contribution in [0.4, 0.5) is 4.39 Å². The van der Waals surface area contributed by atoms with Gasteiger partial charge in [-0.1, -0.05) is 38.9 Å². The van der Waals surface area contributed by atoms with Gasteiger partial charge in [-0.05, 0) is 16.9 Å². The Labute approximate surface area is 74.0 Å². The largest absolute Gasteiger partial charge is 0.207 e. The Morgan fingerprint density at radius 2 is 1.83 bits per heavy atom. The number of halogens is 1. The van der Waals surface area contributed by atoms with E-state index < -0.39 is 0 Å². The first-order chi connectivity index (χ1) is 5.58. The van der Waals surface area contributed by atoms with Crippen LogP contribution in [0.2, 0.25) is 6.82 Å². The summed E-state index contributed by atoms with van der Waals surface area (Å²) in [5.41, 5.74) is 0.757. The molecule has 0 aromatic heterocycles. The lowest BCUT2D eigenvalue weighted by Crippen LogP contribution is -2.24. The first kappa shape index (κ1) is 9.30. The second kappa shape index (κ2) is 3.30. The Morgan fingerprint density at radius 1 is 1.25 bits per heavy atom. The highest BCUT2D eigenvalue weighted by Gasteiger charge is 2.21. The first-order valence-electron chi connectivity index (χ1n) is 4.13. The zero-order valence-corrected chi connectivity index (χ0v) is 7.76. The smallest absolute Gasteiger partial charge is 0.126 e. The molecule has 1 aromatic carbocycles. The summed E-state index contributed by atoms with van der Waals surface area (Å²) in [6, 6.07) is 6.91. The second-order valence-corrected chi connectivity index (χ2v) is 3.49. The highest BCUT2D eigenvalue weighted by molar-refractivity contribution is 6.38. The van der Waals surface area contributed by atoms with Gasteiger partial charge in [0, 0.05) is 0 Å². The van der Waals surface area contributed by atoms with E-state index in [2.05, 4.69) is 0 Å². The van der Waals surface area contributed by atoms with Crippen molar-refractivity contribution in [1.29, 1.82) is 0 Å². The average molecular weight is 163 g/mol. The lowest BCUT2D eigenvalue weighted by molar-refractivity contribution is 0.581. The molecule has 0 spiro atoms. The van der Waals surface area contributed by atoms with E-state index in [9.17, 15) is 4.39 Å². The van der Waals surface area contributed by atoms with E-state index in [-0.39, 0.29) is 11.1 Å². The van der Waals surface area contributed by atoms with Crippen molar-refractivity contribution in [3.8, 4) is 0 Å². The molecule has 63 valence electrons. The van der Waals surface area contributed by atoms with Crippen LogP contribution in [-0.4, -0.2) is 7.28 Å². The monoisotopic (exact) mass is 163 g/mol. The van der Waals surface area contributed by atoms with Crippen molar-refractivity contribution in [3.63, 3.8) is 0 Å². The zero-order chi connectivity index (χ0) is 9.19. The van der Waals surface area contributed by atoms with Crippen LogP contribution in [0.5, 0.6) is 0 Å². The molecule has 0 N–H and O–H groups in total. The van der Waals surface area contributed by atoms with Crippen LogP contribution in [0.3, 0.4) is 0 Å². The van der Waals surface area contributed by atoms with Crippen molar-refractivity contribution in [2.75, 3.05) is 0 Å². The molecule has 0 fully saturated rings. The van der Waals surface area contributed by atoms with Crippen molar-refractivity contribution in [2.45, 2.75) is 26.0 Å². The molecule has 0 aliphatic carbocycles. The topological polar surface area (TPSA) is 0 Å². The van der Waals surface area contributed by atoms with Gasteiger partial charge in [0.2, 0.25) is 0 Å². The van der Waals surface area contributed by atoms with E-state index in [1.165, 1.54) is 6.07 Å². The van der Waals surface area contributed by atoms with Crippen molar-refractivity contribution in [2.24, 2.45) is 0 Å². The van der Waals surface area contributed by atoms with Gasteiger partial charge in [0.05, 0.1) is 0 Å². The quantitative estimate of drug-likeness (QED) is 0.588. The number of rotatable bonds is 2. The summed E-state index contributed by atoms with van der Waals surface area (Å²) in [6.07, 6.45) is 0.